The maximum Gasteiger partial charge on any atom is 0.123 e. The van der Waals surface area contributed by atoms with E-state index in [4.69, 9.17) is 4.74 Å². The number of aryl methyl sites for hydroxylation is 3. The van der Waals surface area contributed by atoms with E-state index in [1.165, 1.54) is 43.3 Å². The molecule has 0 saturated carbocycles. The lowest BCUT2D eigenvalue weighted by Crippen LogP contribution is -1.97. The maximum atomic E-state index is 5.94. The van der Waals surface area contributed by atoms with Crippen LogP contribution in [-0.2, 0) is 0 Å². The van der Waals surface area contributed by atoms with Gasteiger partial charge in [0.15, 0.2) is 0 Å². The highest BCUT2D eigenvalue weighted by Crippen LogP contribution is 2.40. The van der Waals surface area contributed by atoms with Crippen LogP contribution in [0.3, 0.4) is 0 Å². The van der Waals surface area contributed by atoms with E-state index in [2.05, 4.69) is 52.0 Å². The van der Waals surface area contributed by atoms with Crippen LogP contribution in [0.1, 0.15) is 36.5 Å². The van der Waals surface area contributed by atoms with Crippen molar-refractivity contribution in [3.8, 4) is 5.75 Å². The second-order valence-corrected chi connectivity index (χ2v) is 6.77. The highest BCUT2D eigenvalue weighted by atomic mass is 32.1. The van der Waals surface area contributed by atoms with Gasteiger partial charge >= 0.3 is 0 Å². The summed E-state index contributed by atoms with van der Waals surface area (Å²) >= 11 is 1.90. The Bertz CT molecular complexity index is 798. The fourth-order valence-corrected chi connectivity index (χ4v) is 4.08. The SMILES string of the molecule is CCCCOc1ccc2c(sc3c(C)c(C)ccc32)c1C. The summed E-state index contributed by atoms with van der Waals surface area (Å²) in [7, 11) is 0. The fourth-order valence-electron chi connectivity index (χ4n) is 2.74. The van der Waals surface area contributed by atoms with Gasteiger partial charge in [0.05, 0.1) is 6.61 Å². The quantitative estimate of drug-likeness (QED) is 0.524. The molecule has 110 valence electrons. The van der Waals surface area contributed by atoms with Crippen molar-refractivity contribution in [3.63, 3.8) is 0 Å². The Kier molecular flexibility index (Phi) is 3.90. The highest BCUT2D eigenvalue weighted by molar-refractivity contribution is 7.26. The first kappa shape index (κ1) is 14.4. The van der Waals surface area contributed by atoms with Crippen LogP contribution in [0.25, 0.3) is 20.2 Å². The minimum atomic E-state index is 0.811. The molecule has 3 rings (SSSR count). The zero-order valence-corrected chi connectivity index (χ0v) is 14.1. The summed E-state index contributed by atoms with van der Waals surface area (Å²) in [5, 5.41) is 2.74. The average Bonchev–Trinajstić information content (AvgIpc) is 2.86. The minimum absolute atomic E-state index is 0.811. The van der Waals surface area contributed by atoms with E-state index in [1.54, 1.807) is 0 Å². The summed E-state index contributed by atoms with van der Waals surface area (Å²) in [4.78, 5) is 0. The molecule has 0 N–H and O–H groups in total. The van der Waals surface area contributed by atoms with Crippen molar-refractivity contribution in [1.29, 1.82) is 0 Å². The van der Waals surface area contributed by atoms with E-state index in [0.29, 0.717) is 0 Å². The minimum Gasteiger partial charge on any atom is -0.493 e. The highest BCUT2D eigenvalue weighted by Gasteiger charge is 2.12. The predicted octanol–water partition coefficient (Wildman–Crippen LogP) is 6.16. The number of ether oxygens (including phenoxy) is 1. The van der Waals surface area contributed by atoms with Crippen molar-refractivity contribution < 1.29 is 4.74 Å². The van der Waals surface area contributed by atoms with Crippen LogP contribution in [-0.4, -0.2) is 6.61 Å². The van der Waals surface area contributed by atoms with Gasteiger partial charge in [-0.3, -0.25) is 0 Å². The predicted molar refractivity (Wildman–Crippen MR) is 93.9 cm³/mol. The first-order valence-electron chi connectivity index (χ1n) is 7.68. The van der Waals surface area contributed by atoms with Gasteiger partial charge in [-0.05, 0) is 50.5 Å². The average molecular weight is 298 g/mol. The van der Waals surface area contributed by atoms with Gasteiger partial charge in [0, 0.05) is 25.7 Å². The molecule has 0 amide bonds. The molecular formula is C19H22OS. The molecule has 3 aromatic rings. The molecule has 0 atom stereocenters. The molecule has 1 nitrogen and oxygen atoms in total. The molecule has 0 radical (unpaired) electrons. The Hall–Kier alpha value is -1.54. The van der Waals surface area contributed by atoms with Crippen LogP contribution < -0.4 is 4.74 Å². The first-order valence-corrected chi connectivity index (χ1v) is 8.50. The molecule has 0 saturated heterocycles. The summed E-state index contributed by atoms with van der Waals surface area (Å²) in [6.07, 6.45) is 2.28. The fraction of sp³-hybridized carbons (Fsp3) is 0.368. The van der Waals surface area contributed by atoms with E-state index in [-0.39, 0.29) is 0 Å². The molecule has 2 heteroatoms. The smallest absolute Gasteiger partial charge is 0.123 e. The van der Waals surface area contributed by atoms with Gasteiger partial charge in [0.25, 0.3) is 0 Å². The Balaban J connectivity index is 2.15. The van der Waals surface area contributed by atoms with Crippen molar-refractivity contribution in [2.45, 2.75) is 40.5 Å². The van der Waals surface area contributed by atoms with E-state index in [1.807, 2.05) is 11.3 Å². The van der Waals surface area contributed by atoms with E-state index in [0.717, 1.165) is 18.8 Å². The third-order valence-corrected chi connectivity index (χ3v) is 5.74. The van der Waals surface area contributed by atoms with Gasteiger partial charge in [-0.1, -0.05) is 25.5 Å². The van der Waals surface area contributed by atoms with Crippen LogP contribution in [0.15, 0.2) is 24.3 Å². The van der Waals surface area contributed by atoms with Crippen molar-refractivity contribution in [2.75, 3.05) is 6.61 Å². The zero-order chi connectivity index (χ0) is 15.0. The number of hydrogen-bond donors (Lipinski definition) is 0. The zero-order valence-electron chi connectivity index (χ0n) is 13.2. The van der Waals surface area contributed by atoms with Crippen molar-refractivity contribution in [1.82, 2.24) is 0 Å². The van der Waals surface area contributed by atoms with Gasteiger partial charge < -0.3 is 4.74 Å². The Morgan fingerprint density at radius 3 is 2.29 bits per heavy atom. The number of benzene rings is 2. The third kappa shape index (κ3) is 2.42. The summed E-state index contributed by atoms with van der Waals surface area (Å²) in [5.41, 5.74) is 4.05. The lowest BCUT2D eigenvalue weighted by atomic mass is 10.0. The van der Waals surface area contributed by atoms with Gasteiger partial charge in [-0.25, -0.2) is 0 Å². The van der Waals surface area contributed by atoms with Gasteiger partial charge in [-0.2, -0.15) is 0 Å². The first-order chi connectivity index (χ1) is 10.1. The second kappa shape index (κ2) is 5.69. The molecule has 1 aromatic heterocycles. The summed E-state index contributed by atoms with van der Waals surface area (Å²) in [5.74, 6) is 1.04. The Labute approximate surface area is 130 Å². The molecule has 0 aliphatic rings. The van der Waals surface area contributed by atoms with Crippen molar-refractivity contribution in [2.24, 2.45) is 0 Å². The topological polar surface area (TPSA) is 9.23 Å². The molecule has 1 heterocycles. The van der Waals surface area contributed by atoms with Gasteiger partial charge in [0.2, 0.25) is 0 Å². The largest absolute Gasteiger partial charge is 0.493 e. The Morgan fingerprint density at radius 2 is 1.57 bits per heavy atom. The van der Waals surface area contributed by atoms with Crippen LogP contribution in [0.2, 0.25) is 0 Å². The van der Waals surface area contributed by atoms with Crippen LogP contribution in [0, 0.1) is 20.8 Å². The van der Waals surface area contributed by atoms with E-state index in [9.17, 15) is 0 Å². The molecule has 0 bridgehead atoms. The number of hydrogen-bond acceptors (Lipinski definition) is 2. The molecule has 0 unspecified atom stereocenters. The summed E-state index contributed by atoms with van der Waals surface area (Å²) in [6, 6.07) is 8.84. The third-order valence-electron chi connectivity index (χ3n) is 4.28. The molecule has 0 aliphatic carbocycles. The van der Waals surface area contributed by atoms with Crippen LogP contribution in [0.4, 0.5) is 0 Å². The molecule has 0 spiro atoms. The summed E-state index contributed by atoms with van der Waals surface area (Å²) in [6.45, 7) is 9.59. The molecule has 21 heavy (non-hydrogen) atoms. The normalized spacial score (nSPS) is 11.4. The lowest BCUT2D eigenvalue weighted by molar-refractivity contribution is 0.308. The van der Waals surface area contributed by atoms with Gasteiger partial charge in [0.1, 0.15) is 5.75 Å². The number of rotatable bonds is 4. The number of fused-ring (bicyclic) bond motifs is 3. The molecule has 0 fully saturated rings. The summed E-state index contributed by atoms with van der Waals surface area (Å²) < 4.78 is 8.73. The number of unbranched alkanes of at least 4 members (excludes halogenated alkanes) is 1. The van der Waals surface area contributed by atoms with Crippen LogP contribution in [0.5, 0.6) is 5.75 Å². The standard InChI is InChI=1S/C19H22OS/c1-5-6-11-20-17-10-9-16-15-8-7-12(2)13(3)18(15)21-19(16)14(17)4/h7-10H,5-6,11H2,1-4H3. The lowest BCUT2D eigenvalue weighted by Gasteiger charge is -2.09. The van der Waals surface area contributed by atoms with E-state index >= 15 is 0 Å². The monoisotopic (exact) mass is 298 g/mol. The Morgan fingerprint density at radius 1 is 0.905 bits per heavy atom. The molecule has 2 aromatic carbocycles. The maximum absolute atomic E-state index is 5.94. The van der Waals surface area contributed by atoms with E-state index < -0.39 is 0 Å². The van der Waals surface area contributed by atoms with Crippen LogP contribution >= 0.6 is 11.3 Å². The molecular weight excluding hydrogens is 276 g/mol. The number of thiophene rings is 1. The van der Waals surface area contributed by atoms with Crippen molar-refractivity contribution >= 4 is 31.5 Å². The molecule has 0 aliphatic heterocycles. The second-order valence-electron chi connectivity index (χ2n) is 5.75. The van der Waals surface area contributed by atoms with Gasteiger partial charge in [-0.15, -0.1) is 11.3 Å². The van der Waals surface area contributed by atoms with Crippen molar-refractivity contribution in [3.05, 3.63) is 41.0 Å².